The standard InChI is InChI=1S/C22H19F3N6/c23-18-9-15(10-28-11-18)14-2-1-3-17(8-14)22(16-4-6-27-7-5-16)19-29-12-21(24,25)13-31(19)20(26)30-22/h1-11,20,30H,12-13,26H2. The molecule has 2 aliphatic rings. The number of benzene rings is 1. The van der Waals surface area contributed by atoms with Gasteiger partial charge in [-0.2, -0.15) is 0 Å². The van der Waals surface area contributed by atoms with Gasteiger partial charge < -0.3 is 4.90 Å². The molecule has 1 aromatic carbocycles. The Labute approximate surface area is 176 Å². The Morgan fingerprint density at radius 2 is 1.81 bits per heavy atom. The van der Waals surface area contributed by atoms with Crippen LogP contribution in [0, 0.1) is 5.82 Å². The molecule has 2 unspecified atom stereocenters. The molecule has 5 rings (SSSR count). The van der Waals surface area contributed by atoms with E-state index in [1.54, 1.807) is 30.7 Å². The van der Waals surface area contributed by atoms with E-state index < -0.39 is 36.7 Å². The lowest BCUT2D eigenvalue weighted by atomic mass is 9.81. The third-order valence-corrected chi connectivity index (χ3v) is 5.62. The van der Waals surface area contributed by atoms with E-state index in [2.05, 4.69) is 20.3 Å². The van der Waals surface area contributed by atoms with Gasteiger partial charge in [0.2, 0.25) is 0 Å². The van der Waals surface area contributed by atoms with Crippen LogP contribution in [-0.4, -0.2) is 46.0 Å². The second kappa shape index (κ2) is 7.14. The molecule has 2 aliphatic heterocycles. The van der Waals surface area contributed by atoms with E-state index in [1.165, 1.54) is 11.0 Å². The summed E-state index contributed by atoms with van der Waals surface area (Å²) in [6.07, 6.45) is 5.10. The highest BCUT2D eigenvalue weighted by molar-refractivity contribution is 5.99. The molecular weight excluding hydrogens is 405 g/mol. The molecule has 2 atom stereocenters. The first-order chi connectivity index (χ1) is 14.9. The monoisotopic (exact) mass is 424 g/mol. The van der Waals surface area contributed by atoms with Crippen molar-refractivity contribution in [1.29, 1.82) is 0 Å². The van der Waals surface area contributed by atoms with Crippen LogP contribution >= 0.6 is 0 Å². The van der Waals surface area contributed by atoms with Gasteiger partial charge >= 0.3 is 0 Å². The molecule has 6 nitrogen and oxygen atoms in total. The fourth-order valence-corrected chi connectivity index (χ4v) is 4.28. The number of nitrogens with two attached hydrogens (primary N) is 1. The fourth-order valence-electron chi connectivity index (χ4n) is 4.28. The first-order valence-corrected chi connectivity index (χ1v) is 9.74. The van der Waals surface area contributed by atoms with Gasteiger partial charge in [-0.1, -0.05) is 18.2 Å². The van der Waals surface area contributed by atoms with Crippen molar-refractivity contribution >= 4 is 5.84 Å². The summed E-state index contributed by atoms with van der Waals surface area (Å²) in [6.45, 7) is -1.14. The molecule has 1 saturated heterocycles. The van der Waals surface area contributed by atoms with Crippen molar-refractivity contribution in [3.05, 3.63) is 84.2 Å². The van der Waals surface area contributed by atoms with Crippen molar-refractivity contribution in [2.45, 2.75) is 17.8 Å². The van der Waals surface area contributed by atoms with Crippen molar-refractivity contribution in [2.24, 2.45) is 10.7 Å². The first-order valence-electron chi connectivity index (χ1n) is 9.74. The summed E-state index contributed by atoms with van der Waals surface area (Å²) in [6, 6.07) is 12.4. The molecule has 9 heteroatoms. The minimum Gasteiger partial charge on any atom is -0.324 e. The Kier molecular flexibility index (Phi) is 4.53. The highest BCUT2D eigenvalue weighted by Crippen LogP contribution is 2.41. The van der Waals surface area contributed by atoms with Gasteiger partial charge in [0, 0.05) is 24.2 Å². The number of amidine groups is 1. The molecule has 4 heterocycles. The average molecular weight is 424 g/mol. The molecule has 0 saturated carbocycles. The Morgan fingerprint density at radius 3 is 2.58 bits per heavy atom. The summed E-state index contributed by atoms with van der Waals surface area (Å²) in [5.74, 6) is -2.99. The number of nitrogens with one attached hydrogen (secondary N) is 1. The van der Waals surface area contributed by atoms with E-state index in [-0.39, 0.29) is 0 Å². The van der Waals surface area contributed by atoms with E-state index in [0.29, 0.717) is 11.4 Å². The zero-order valence-electron chi connectivity index (χ0n) is 16.3. The van der Waals surface area contributed by atoms with Gasteiger partial charge in [0.05, 0.1) is 12.7 Å². The van der Waals surface area contributed by atoms with Crippen molar-refractivity contribution < 1.29 is 13.2 Å². The van der Waals surface area contributed by atoms with Gasteiger partial charge in [0.25, 0.3) is 5.92 Å². The Morgan fingerprint density at radius 1 is 1.00 bits per heavy atom. The molecule has 0 radical (unpaired) electrons. The van der Waals surface area contributed by atoms with Crippen molar-refractivity contribution in [3.63, 3.8) is 0 Å². The van der Waals surface area contributed by atoms with Crippen LogP contribution in [-0.2, 0) is 5.54 Å². The SMILES string of the molecule is NC1NC(c2ccncc2)(c2cccc(-c3cncc(F)c3)c2)C2=NCC(F)(F)CN21. The number of hydrogen-bond donors (Lipinski definition) is 2. The highest BCUT2D eigenvalue weighted by Gasteiger charge is 2.55. The van der Waals surface area contributed by atoms with Crippen LogP contribution in [0.3, 0.4) is 0 Å². The normalized spacial score (nSPS) is 24.6. The number of halogens is 3. The van der Waals surface area contributed by atoms with Crippen LogP contribution in [0.2, 0.25) is 0 Å². The summed E-state index contributed by atoms with van der Waals surface area (Å²) in [5, 5.41) is 3.29. The first kappa shape index (κ1) is 19.7. The van der Waals surface area contributed by atoms with Crippen LogP contribution < -0.4 is 11.1 Å². The average Bonchev–Trinajstić information content (AvgIpc) is 3.06. The van der Waals surface area contributed by atoms with Gasteiger partial charge in [0.15, 0.2) is 0 Å². The van der Waals surface area contributed by atoms with Crippen LogP contribution in [0.1, 0.15) is 11.1 Å². The van der Waals surface area contributed by atoms with Gasteiger partial charge in [-0.3, -0.25) is 26.0 Å². The topological polar surface area (TPSA) is 79.4 Å². The second-order valence-corrected chi connectivity index (χ2v) is 7.67. The molecule has 0 bridgehead atoms. The maximum atomic E-state index is 14.1. The molecule has 3 N–H and O–H groups in total. The number of aliphatic imine (C=N–C) groups is 1. The van der Waals surface area contributed by atoms with Gasteiger partial charge in [-0.25, -0.2) is 13.2 Å². The van der Waals surface area contributed by atoms with Gasteiger partial charge in [-0.05, 0) is 41.0 Å². The van der Waals surface area contributed by atoms with Crippen LogP contribution in [0.5, 0.6) is 0 Å². The second-order valence-electron chi connectivity index (χ2n) is 7.67. The number of nitrogens with zero attached hydrogens (tertiary/aromatic N) is 4. The third kappa shape index (κ3) is 3.26. The predicted molar refractivity (Wildman–Crippen MR) is 110 cm³/mol. The molecule has 1 fully saturated rings. The lowest BCUT2D eigenvalue weighted by Crippen LogP contribution is -2.52. The smallest absolute Gasteiger partial charge is 0.284 e. The number of fused-ring (bicyclic) bond motifs is 1. The Balaban J connectivity index is 1.71. The number of alkyl halides is 2. The summed E-state index contributed by atoms with van der Waals surface area (Å²) < 4.78 is 42.0. The van der Waals surface area contributed by atoms with E-state index >= 15 is 0 Å². The van der Waals surface area contributed by atoms with Crippen molar-refractivity contribution in [2.75, 3.05) is 13.1 Å². The fraction of sp³-hybridized carbons (Fsp3) is 0.227. The predicted octanol–water partition coefficient (Wildman–Crippen LogP) is 2.72. The van der Waals surface area contributed by atoms with Crippen LogP contribution in [0.25, 0.3) is 11.1 Å². The van der Waals surface area contributed by atoms with Gasteiger partial charge in [-0.15, -0.1) is 0 Å². The zero-order chi connectivity index (χ0) is 21.6. The van der Waals surface area contributed by atoms with E-state index in [0.717, 1.165) is 22.9 Å². The Hall–Kier alpha value is -3.30. The Bertz CT molecular complexity index is 1150. The van der Waals surface area contributed by atoms with Gasteiger partial charge in [0.1, 0.15) is 30.0 Å². The maximum absolute atomic E-state index is 14.1. The molecule has 158 valence electrons. The molecule has 0 amide bonds. The number of aromatic nitrogens is 2. The zero-order valence-corrected chi connectivity index (χ0v) is 16.3. The molecule has 0 spiro atoms. The number of pyridine rings is 2. The maximum Gasteiger partial charge on any atom is 0.284 e. The molecular formula is C22H19F3N6. The molecule has 3 aromatic rings. The highest BCUT2D eigenvalue weighted by atomic mass is 19.3. The number of hydrogen-bond acceptors (Lipinski definition) is 6. The summed E-state index contributed by atoms with van der Waals surface area (Å²) in [4.78, 5) is 13.7. The van der Waals surface area contributed by atoms with Crippen molar-refractivity contribution in [1.82, 2.24) is 20.2 Å². The van der Waals surface area contributed by atoms with Crippen LogP contribution in [0.4, 0.5) is 13.2 Å². The summed E-state index contributed by atoms with van der Waals surface area (Å²) in [5.41, 5.74) is 8.03. The largest absolute Gasteiger partial charge is 0.324 e. The van der Waals surface area contributed by atoms with E-state index in [4.69, 9.17) is 5.73 Å². The lowest BCUT2D eigenvalue weighted by molar-refractivity contribution is -0.0207. The summed E-state index contributed by atoms with van der Waals surface area (Å²) >= 11 is 0. The lowest BCUT2D eigenvalue weighted by Gasteiger charge is -2.36. The minimum absolute atomic E-state index is 0.423. The molecule has 2 aromatic heterocycles. The van der Waals surface area contributed by atoms with Crippen LogP contribution in [0.15, 0.2) is 72.2 Å². The number of rotatable bonds is 3. The quantitative estimate of drug-likeness (QED) is 0.676. The van der Waals surface area contributed by atoms with Crippen molar-refractivity contribution in [3.8, 4) is 11.1 Å². The molecule has 0 aliphatic carbocycles. The van der Waals surface area contributed by atoms with E-state index in [9.17, 15) is 13.2 Å². The molecule has 31 heavy (non-hydrogen) atoms. The third-order valence-electron chi connectivity index (χ3n) is 5.62. The minimum atomic E-state index is -2.97. The summed E-state index contributed by atoms with van der Waals surface area (Å²) in [7, 11) is 0. The van der Waals surface area contributed by atoms with E-state index in [1.807, 2.05) is 24.3 Å².